The Kier molecular flexibility index (Phi) is 3.48. The maximum Gasteiger partial charge on any atom is 0.265 e. The van der Waals surface area contributed by atoms with E-state index in [4.69, 9.17) is 10.5 Å². The molecule has 3 N–H and O–H groups in total. The average molecular weight is 283 g/mol. The van der Waals surface area contributed by atoms with Gasteiger partial charge in [-0.15, -0.1) is 0 Å². The van der Waals surface area contributed by atoms with Gasteiger partial charge >= 0.3 is 0 Å². The first-order chi connectivity index (χ1) is 10.1. The number of carbonyl (C=O) groups excluding carboxylic acids is 1. The molecule has 2 heterocycles. The van der Waals surface area contributed by atoms with E-state index in [-0.39, 0.29) is 5.91 Å². The lowest BCUT2D eigenvalue weighted by molar-refractivity contribution is -0.122. The molecule has 0 saturated heterocycles. The van der Waals surface area contributed by atoms with Gasteiger partial charge < -0.3 is 15.8 Å². The van der Waals surface area contributed by atoms with Crippen molar-refractivity contribution in [1.29, 1.82) is 0 Å². The topological polar surface area (TPSA) is 77.2 Å². The van der Waals surface area contributed by atoms with Crippen LogP contribution in [0.25, 0.3) is 0 Å². The molecule has 1 aromatic carbocycles. The summed E-state index contributed by atoms with van der Waals surface area (Å²) >= 11 is 0. The molecule has 0 spiro atoms. The number of benzene rings is 1. The molecule has 0 radical (unpaired) electrons. The van der Waals surface area contributed by atoms with Gasteiger partial charge in [0.1, 0.15) is 0 Å². The number of hydrogen-bond acceptors (Lipinski definition) is 4. The number of aromatic nitrogens is 1. The lowest BCUT2D eigenvalue weighted by atomic mass is 10.1. The molecule has 0 bridgehead atoms. The van der Waals surface area contributed by atoms with Crippen molar-refractivity contribution in [3.05, 3.63) is 47.7 Å². The number of aryl methyl sites for hydroxylation is 2. The summed E-state index contributed by atoms with van der Waals surface area (Å²) in [5.74, 6) is 0.608. The Labute approximate surface area is 123 Å². The summed E-state index contributed by atoms with van der Waals surface area (Å²) in [6.45, 7) is 1.86. The third kappa shape index (κ3) is 2.81. The fraction of sp³-hybridized carbons (Fsp3) is 0.250. The second kappa shape index (κ2) is 5.44. The molecule has 0 aliphatic carbocycles. The maximum absolute atomic E-state index is 12.3. The van der Waals surface area contributed by atoms with Crippen molar-refractivity contribution < 1.29 is 9.53 Å². The fourth-order valence-corrected chi connectivity index (χ4v) is 2.42. The normalized spacial score (nSPS) is 17.6. The summed E-state index contributed by atoms with van der Waals surface area (Å²) in [6.07, 6.45) is 0.818. The minimum Gasteiger partial charge on any atom is -0.477 e. The van der Waals surface area contributed by atoms with Crippen LogP contribution in [0.15, 0.2) is 36.4 Å². The summed E-state index contributed by atoms with van der Waals surface area (Å²) in [5.41, 5.74) is 8.62. The van der Waals surface area contributed by atoms with Crippen LogP contribution in [0.4, 0.5) is 11.5 Å². The summed E-state index contributed by atoms with van der Waals surface area (Å²) in [6, 6.07) is 11.4. The Morgan fingerprint density at radius 2 is 2.10 bits per heavy atom. The van der Waals surface area contributed by atoms with E-state index in [0.29, 0.717) is 18.0 Å². The van der Waals surface area contributed by atoms with E-state index in [1.165, 1.54) is 0 Å². The number of nitrogen functional groups attached to an aromatic ring is 1. The lowest BCUT2D eigenvalue weighted by Gasteiger charge is -2.16. The van der Waals surface area contributed by atoms with Crippen LogP contribution in [-0.4, -0.2) is 17.0 Å². The van der Waals surface area contributed by atoms with Gasteiger partial charge in [0.2, 0.25) is 0 Å². The number of fused-ring (bicyclic) bond motifs is 1. The van der Waals surface area contributed by atoms with Gasteiger partial charge in [0.05, 0.1) is 0 Å². The van der Waals surface area contributed by atoms with Crippen LogP contribution >= 0.6 is 0 Å². The molecule has 5 nitrogen and oxygen atoms in total. The van der Waals surface area contributed by atoms with E-state index in [9.17, 15) is 4.79 Å². The number of amides is 1. The maximum atomic E-state index is 12.3. The third-order valence-electron chi connectivity index (χ3n) is 3.54. The van der Waals surface area contributed by atoms with Gasteiger partial charge in [0, 0.05) is 11.4 Å². The molecule has 108 valence electrons. The number of pyridine rings is 1. The SMILES string of the molecule is Cc1ccc(OC2CCc3ccccc3NC2=O)c(N)n1. The van der Waals surface area contributed by atoms with Gasteiger partial charge in [-0.25, -0.2) is 4.98 Å². The van der Waals surface area contributed by atoms with E-state index in [1.54, 1.807) is 6.07 Å². The molecule has 1 amide bonds. The first-order valence-electron chi connectivity index (χ1n) is 6.92. The number of ether oxygens (including phenoxy) is 1. The molecule has 1 aliphatic heterocycles. The quantitative estimate of drug-likeness (QED) is 0.886. The van der Waals surface area contributed by atoms with Gasteiger partial charge in [0.15, 0.2) is 17.7 Å². The zero-order valence-electron chi connectivity index (χ0n) is 11.8. The standard InChI is InChI=1S/C16H17N3O2/c1-10-6-8-13(15(17)18-10)21-14-9-7-11-4-2-3-5-12(11)19-16(14)20/h2-6,8,14H,7,9H2,1H3,(H2,17,18)(H,19,20). The Hall–Kier alpha value is -2.56. The smallest absolute Gasteiger partial charge is 0.265 e. The minimum absolute atomic E-state index is 0.153. The molecule has 2 aromatic rings. The second-order valence-corrected chi connectivity index (χ2v) is 5.13. The van der Waals surface area contributed by atoms with Crippen LogP contribution in [-0.2, 0) is 11.2 Å². The van der Waals surface area contributed by atoms with Crippen molar-refractivity contribution in [1.82, 2.24) is 4.98 Å². The fourth-order valence-electron chi connectivity index (χ4n) is 2.42. The monoisotopic (exact) mass is 283 g/mol. The van der Waals surface area contributed by atoms with Crippen molar-refractivity contribution in [3.8, 4) is 5.75 Å². The number of anilines is 2. The van der Waals surface area contributed by atoms with Crippen LogP contribution in [0, 0.1) is 6.92 Å². The van der Waals surface area contributed by atoms with Crippen molar-refractivity contribution in [2.45, 2.75) is 25.9 Å². The van der Waals surface area contributed by atoms with Crippen molar-refractivity contribution in [2.75, 3.05) is 11.1 Å². The molecule has 0 saturated carbocycles. The molecule has 5 heteroatoms. The highest BCUT2D eigenvalue weighted by atomic mass is 16.5. The van der Waals surface area contributed by atoms with E-state index in [0.717, 1.165) is 23.4 Å². The Morgan fingerprint density at radius 3 is 2.90 bits per heavy atom. The largest absolute Gasteiger partial charge is 0.477 e. The Morgan fingerprint density at radius 1 is 1.29 bits per heavy atom. The Bertz CT molecular complexity index is 685. The zero-order chi connectivity index (χ0) is 14.8. The van der Waals surface area contributed by atoms with E-state index >= 15 is 0 Å². The number of nitrogens with two attached hydrogens (primary N) is 1. The van der Waals surface area contributed by atoms with Gasteiger partial charge in [-0.05, 0) is 43.5 Å². The minimum atomic E-state index is -0.566. The molecule has 1 aliphatic rings. The average Bonchev–Trinajstić information content (AvgIpc) is 2.61. The molecule has 1 atom stereocenters. The van der Waals surface area contributed by atoms with E-state index in [2.05, 4.69) is 10.3 Å². The molecule has 0 fully saturated rings. The highest BCUT2D eigenvalue weighted by Gasteiger charge is 2.25. The van der Waals surface area contributed by atoms with Crippen LogP contribution < -0.4 is 15.8 Å². The lowest BCUT2D eigenvalue weighted by Crippen LogP contribution is -2.32. The number of nitrogens with zero attached hydrogens (tertiary/aromatic N) is 1. The number of para-hydroxylation sites is 1. The zero-order valence-corrected chi connectivity index (χ0v) is 11.8. The van der Waals surface area contributed by atoms with Crippen LogP contribution in [0.5, 0.6) is 5.75 Å². The van der Waals surface area contributed by atoms with Crippen LogP contribution in [0.2, 0.25) is 0 Å². The van der Waals surface area contributed by atoms with Gasteiger partial charge in [-0.3, -0.25) is 4.79 Å². The number of carbonyl (C=O) groups is 1. The highest BCUT2D eigenvalue weighted by Crippen LogP contribution is 2.26. The summed E-state index contributed by atoms with van der Waals surface area (Å²) in [5, 5.41) is 2.90. The summed E-state index contributed by atoms with van der Waals surface area (Å²) in [4.78, 5) is 16.4. The van der Waals surface area contributed by atoms with Crippen molar-refractivity contribution >= 4 is 17.4 Å². The predicted molar refractivity (Wildman–Crippen MR) is 81.2 cm³/mol. The van der Waals surface area contributed by atoms with Crippen molar-refractivity contribution in [3.63, 3.8) is 0 Å². The molecular weight excluding hydrogens is 266 g/mol. The number of rotatable bonds is 2. The van der Waals surface area contributed by atoms with Gasteiger partial charge in [-0.1, -0.05) is 18.2 Å². The molecule has 1 unspecified atom stereocenters. The molecular formula is C16H17N3O2. The third-order valence-corrected chi connectivity index (χ3v) is 3.54. The molecule has 21 heavy (non-hydrogen) atoms. The Balaban J connectivity index is 1.80. The van der Waals surface area contributed by atoms with E-state index in [1.807, 2.05) is 37.3 Å². The van der Waals surface area contributed by atoms with Crippen LogP contribution in [0.1, 0.15) is 17.7 Å². The second-order valence-electron chi connectivity index (χ2n) is 5.13. The number of nitrogens with one attached hydrogen (secondary N) is 1. The number of hydrogen-bond donors (Lipinski definition) is 2. The summed E-state index contributed by atoms with van der Waals surface area (Å²) < 4.78 is 5.77. The van der Waals surface area contributed by atoms with Crippen molar-refractivity contribution in [2.24, 2.45) is 0 Å². The molecule has 3 rings (SSSR count). The van der Waals surface area contributed by atoms with Crippen LogP contribution in [0.3, 0.4) is 0 Å². The van der Waals surface area contributed by atoms with Gasteiger partial charge in [-0.2, -0.15) is 0 Å². The first-order valence-corrected chi connectivity index (χ1v) is 6.92. The highest BCUT2D eigenvalue weighted by molar-refractivity contribution is 5.95. The predicted octanol–water partition coefficient (Wildman–Crippen LogP) is 2.30. The molecule has 1 aromatic heterocycles. The first kappa shape index (κ1) is 13.4. The summed E-state index contributed by atoms with van der Waals surface area (Å²) in [7, 11) is 0. The van der Waals surface area contributed by atoms with E-state index < -0.39 is 6.10 Å². The van der Waals surface area contributed by atoms with Gasteiger partial charge in [0.25, 0.3) is 5.91 Å².